The molecule has 1 saturated heterocycles. The van der Waals surface area contributed by atoms with Gasteiger partial charge in [-0.05, 0) is 44.2 Å². The van der Waals surface area contributed by atoms with Crippen LogP contribution >= 0.6 is 0 Å². The van der Waals surface area contributed by atoms with Crippen molar-refractivity contribution < 1.29 is 14.3 Å². The molecule has 2 N–H and O–H groups in total. The van der Waals surface area contributed by atoms with Gasteiger partial charge in [-0.3, -0.25) is 14.6 Å². The number of carbonyl (C=O) groups is 2. The number of pyridine rings is 1. The lowest BCUT2D eigenvalue weighted by atomic mass is 9.92. The van der Waals surface area contributed by atoms with Gasteiger partial charge in [-0.15, -0.1) is 0 Å². The molecule has 0 spiro atoms. The van der Waals surface area contributed by atoms with Crippen LogP contribution in [0.3, 0.4) is 0 Å². The fraction of sp³-hybridized carbons (Fsp3) is 0.450. The summed E-state index contributed by atoms with van der Waals surface area (Å²) in [5, 5.41) is 0. The zero-order valence-corrected chi connectivity index (χ0v) is 16.0. The van der Waals surface area contributed by atoms with Gasteiger partial charge in [0.15, 0.2) is 12.4 Å². The molecule has 0 unspecified atom stereocenters. The average molecular weight is 383 g/mol. The molecule has 8 heteroatoms. The zero-order chi connectivity index (χ0) is 19.9. The van der Waals surface area contributed by atoms with E-state index in [-0.39, 0.29) is 12.6 Å². The Morgan fingerprint density at radius 1 is 1.25 bits per heavy atom. The van der Waals surface area contributed by atoms with E-state index >= 15 is 0 Å². The first-order chi connectivity index (χ1) is 13.5. The van der Waals surface area contributed by atoms with Crippen LogP contribution in [0.5, 0.6) is 0 Å². The van der Waals surface area contributed by atoms with E-state index in [4.69, 9.17) is 15.5 Å². The first-order valence-electron chi connectivity index (χ1n) is 9.47. The van der Waals surface area contributed by atoms with Gasteiger partial charge in [0.25, 0.3) is 5.91 Å². The molecule has 28 heavy (non-hydrogen) atoms. The summed E-state index contributed by atoms with van der Waals surface area (Å²) in [5.41, 5.74) is 6.64. The molecule has 0 aromatic carbocycles. The first kappa shape index (κ1) is 19.7. The van der Waals surface area contributed by atoms with Crippen LogP contribution < -0.4 is 10.6 Å². The molecule has 3 rings (SSSR count). The third kappa shape index (κ3) is 5.48. The van der Waals surface area contributed by atoms with E-state index in [0.717, 1.165) is 49.6 Å². The molecule has 3 heterocycles. The van der Waals surface area contributed by atoms with Crippen LogP contribution in [0.2, 0.25) is 0 Å². The summed E-state index contributed by atoms with van der Waals surface area (Å²) in [7, 11) is 0. The normalized spacial score (nSPS) is 14.7. The monoisotopic (exact) mass is 383 g/mol. The molecule has 2 aromatic rings. The van der Waals surface area contributed by atoms with E-state index in [1.807, 2.05) is 31.2 Å². The quantitative estimate of drug-likeness (QED) is 0.727. The summed E-state index contributed by atoms with van der Waals surface area (Å²) < 4.78 is 4.81. The van der Waals surface area contributed by atoms with Crippen molar-refractivity contribution in [2.24, 2.45) is 11.7 Å². The van der Waals surface area contributed by atoms with E-state index in [0.29, 0.717) is 18.2 Å². The summed E-state index contributed by atoms with van der Waals surface area (Å²) in [4.78, 5) is 38.1. The topological polar surface area (TPSA) is 111 Å². The van der Waals surface area contributed by atoms with Gasteiger partial charge in [0, 0.05) is 37.5 Å². The highest BCUT2D eigenvalue weighted by atomic mass is 16.5. The Morgan fingerprint density at radius 2 is 2.04 bits per heavy atom. The molecule has 0 aliphatic carbocycles. The molecule has 0 saturated carbocycles. The molecule has 0 atom stereocenters. The summed E-state index contributed by atoms with van der Waals surface area (Å²) in [6, 6.07) is 7.69. The van der Waals surface area contributed by atoms with Crippen molar-refractivity contribution in [2.75, 3.05) is 24.6 Å². The Morgan fingerprint density at radius 3 is 2.71 bits per heavy atom. The van der Waals surface area contributed by atoms with Crippen LogP contribution in [-0.4, -0.2) is 46.5 Å². The number of rotatable bonds is 7. The van der Waals surface area contributed by atoms with Crippen molar-refractivity contribution in [1.29, 1.82) is 0 Å². The van der Waals surface area contributed by atoms with Crippen molar-refractivity contribution in [3.8, 4) is 11.5 Å². The number of hydrogen-bond acceptors (Lipinski definition) is 7. The average Bonchev–Trinajstić information content (AvgIpc) is 2.71. The number of nitrogens with two attached hydrogens (primary N) is 1. The Bertz CT molecular complexity index is 820. The van der Waals surface area contributed by atoms with Gasteiger partial charge in [0.1, 0.15) is 11.5 Å². The standard InChI is InChI=1S/C20H25N5O3/c1-14-12-18(24-20(23-14)16-4-2-3-9-22-16)25-10-7-15(8-11-25)5-6-19(27)28-13-17(21)26/h2-4,9,12,15H,5-8,10-11,13H2,1H3,(H2,21,26). The van der Waals surface area contributed by atoms with Crippen LogP contribution in [0.15, 0.2) is 30.5 Å². The second-order valence-corrected chi connectivity index (χ2v) is 7.00. The number of nitrogens with zero attached hydrogens (tertiary/aromatic N) is 4. The van der Waals surface area contributed by atoms with E-state index in [1.54, 1.807) is 6.20 Å². The second-order valence-electron chi connectivity index (χ2n) is 7.00. The summed E-state index contributed by atoms with van der Waals surface area (Å²) in [6.07, 6.45) is 4.76. The van der Waals surface area contributed by atoms with Crippen molar-refractivity contribution in [3.63, 3.8) is 0 Å². The second kappa shape index (κ2) is 9.25. The minimum absolute atomic E-state index is 0.314. The summed E-state index contributed by atoms with van der Waals surface area (Å²) in [5.74, 6) is 0.998. The zero-order valence-electron chi connectivity index (χ0n) is 16.0. The molecule has 148 valence electrons. The maximum Gasteiger partial charge on any atom is 0.306 e. The van der Waals surface area contributed by atoms with Crippen molar-refractivity contribution in [1.82, 2.24) is 15.0 Å². The number of ether oxygens (including phenoxy) is 1. The van der Waals surface area contributed by atoms with Crippen molar-refractivity contribution in [3.05, 3.63) is 36.2 Å². The lowest BCUT2D eigenvalue weighted by Gasteiger charge is -2.33. The first-order valence-corrected chi connectivity index (χ1v) is 9.47. The third-order valence-electron chi connectivity index (χ3n) is 4.81. The van der Waals surface area contributed by atoms with Gasteiger partial charge in [-0.25, -0.2) is 9.97 Å². The Balaban J connectivity index is 1.54. The number of primary amides is 1. The molecule has 1 aliphatic rings. The SMILES string of the molecule is Cc1cc(N2CCC(CCC(=O)OCC(N)=O)CC2)nc(-c2ccccn2)n1. The van der Waals surface area contributed by atoms with E-state index in [9.17, 15) is 9.59 Å². The lowest BCUT2D eigenvalue weighted by molar-refractivity contribution is -0.148. The molecular weight excluding hydrogens is 358 g/mol. The molecule has 0 bridgehead atoms. The number of carbonyl (C=O) groups excluding carboxylic acids is 2. The van der Waals surface area contributed by atoms with Gasteiger partial charge in [0.2, 0.25) is 0 Å². The van der Waals surface area contributed by atoms with Gasteiger partial charge in [-0.2, -0.15) is 0 Å². The summed E-state index contributed by atoms with van der Waals surface area (Å²) in [6.45, 7) is 3.36. The number of hydrogen-bond donors (Lipinski definition) is 1. The molecule has 2 aromatic heterocycles. The maximum absolute atomic E-state index is 11.6. The molecular formula is C20H25N5O3. The highest BCUT2D eigenvalue weighted by Gasteiger charge is 2.22. The number of piperidine rings is 1. The number of anilines is 1. The fourth-order valence-electron chi connectivity index (χ4n) is 3.32. The van der Waals surface area contributed by atoms with E-state index in [2.05, 4.69) is 14.9 Å². The third-order valence-corrected chi connectivity index (χ3v) is 4.81. The van der Waals surface area contributed by atoms with Gasteiger partial charge < -0.3 is 15.4 Å². The fourth-order valence-corrected chi connectivity index (χ4v) is 3.32. The minimum Gasteiger partial charge on any atom is -0.456 e. The lowest BCUT2D eigenvalue weighted by Crippen LogP contribution is -2.34. The number of esters is 1. The molecule has 1 fully saturated rings. The number of amides is 1. The largest absolute Gasteiger partial charge is 0.456 e. The number of aromatic nitrogens is 3. The Hall–Kier alpha value is -3.03. The number of aryl methyl sites for hydroxylation is 1. The summed E-state index contributed by atoms with van der Waals surface area (Å²) >= 11 is 0. The maximum atomic E-state index is 11.6. The van der Waals surface area contributed by atoms with Gasteiger partial charge >= 0.3 is 5.97 Å². The van der Waals surface area contributed by atoms with Crippen LogP contribution in [0, 0.1) is 12.8 Å². The Labute approximate surface area is 164 Å². The van der Waals surface area contributed by atoms with Crippen LogP contribution in [-0.2, 0) is 14.3 Å². The smallest absolute Gasteiger partial charge is 0.306 e. The van der Waals surface area contributed by atoms with Gasteiger partial charge in [-0.1, -0.05) is 6.07 Å². The predicted molar refractivity (Wildman–Crippen MR) is 104 cm³/mol. The van der Waals surface area contributed by atoms with Crippen LogP contribution in [0.25, 0.3) is 11.5 Å². The van der Waals surface area contributed by atoms with Crippen molar-refractivity contribution >= 4 is 17.7 Å². The molecule has 1 aliphatic heterocycles. The molecule has 8 nitrogen and oxygen atoms in total. The Kier molecular flexibility index (Phi) is 6.52. The highest BCUT2D eigenvalue weighted by molar-refractivity contribution is 5.78. The predicted octanol–water partition coefficient (Wildman–Crippen LogP) is 1.87. The van der Waals surface area contributed by atoms with E-state index < -0.39 is 5.91 Å². The minimum atomic E-state index is -0.633. The highest BCUT2D eigenvalue weighted by Crippen LogP contribution is 2.26. The van der Waals surface area contributed by atoms with Crippen molar-refractivity contribution in [2.45, 2.75) is 32.6 Å². The van der Waals surface area contributed by atoms with Crippen LogP contribution in [0.1, 0.15) is 31.4 Å². The van der Waals surface area contributed by atoms with Gasteiger partial charge in [0.05, 0.1) is 0 Å². The van der Waals surface area contributed by atoms with Crippen LogP contribution in [0.4, 0.5) is 5.82 Å². The molecule has 1 amide bonds. The van der Waals surface area contributed by atoms with E-state index in [1.165, 1.54) is 0 Å². The molecule has 0 radical (unpaired) electrons.